The Balaban J connectivity index is 2.85. The normalized spacial score (nSPS) is 12.3. The van der Waals surface area contributed by atoms with Crippen LogP contribution in [0.3, 0.4) is 0 Å². The summed E-state index contributed by atoms with van der Waals surface area (Å²) in [5, 5.41) is 3.85. The lowest BCUT2D eigenvalue weighted by atomic mass is 10.2. The van der Waals surface area contributed by atoms with E-state index in [1.54, 1.807) is 7.11 Å². The second kappa shape index (κ2) is 5.24. The predicted octanol–water partition coefficient (Wildman–Crippen LogP) is 2.42. The maximum atomic E-state index is 6.02. The molecule has 0 fully saturated rings. The van der Waals surface area contributed by atoms with Crippen molar-refractivity contribution in [1.29, 1.82) is 0 Å². The summed E-state index contributed by atoms with van der Waals surface area (Å²) >= 11 is 6.02. The third-order valence-corrected chi connectivity index (χ3v) is 2.41. The van der Waals surface area contributed by atoms with E-state index in [9.17, 15) is 0 Å². The number of methoxy groups -OCH3 is 1. The van der Waals surface area contributed by atoms with Crippen LogP contribution in [0, 0.1) is 6.92 Å². The second-order valence-electron chi connectivity index (χ2n) is 3.66. The zero-order valence-corrected chi connectivity index (χ0v) is 10.1. The molecule has 3 nitrogen and oxygen atoms in total. The van der Waals surface area contributed by atoms with Crippen LogP contribution < -0.4 is 15.8 Å². The highest BCUT2D eigenvalue weighted by Gasteiger charge is 2.06. The second-order valence-corrected chi connectivity index (χ2v) is 4.07. The molecule has 0 saturated heterocycles. The van der Waals surface area contributed by atoms with Crippen molar-refractivity contribution < 1.29 is 4.74 Å². The van der Waals surface area contributed by atoms with E-state index in [2.05, 4.69) is 5.32 Å². The topological polar surface area (TPSA) is 47.3 Å². The molecule has 4 heteroatoms. The van der Waals surface area contributed by atoms with Gasteiger partial charge in [0.15, 0.2) is 0 Å². The Bertz CT molecular complexity index is 340. The number of nitrogens with two attached hydrogens (primary N) is 1. The molecule has 1 unspecified atom stereocenters. The molecular weight excluding hydrogens is 212 g/mol. The number of halogens is 1. The number of ether oxygens (including phenoxy) is 1. The van der Waals surface area contributed by atoms with Crippen molar-refractivity contribution in [2.24, 2.45) is 5.73 Å². The lowest BCUT2D eigenvalue weighted by molar-refractivity contribution is 0.415. The molecule has 0 spiro atoms. The molecule has 0 aliphatic carbocycles. The number of nitrogens with one attached hydrogen (secondary N) is 1. The number of benzene rings is 1. The Morgan fingerprint density at radius 1 is 1.53 bits per heavy atom. The minimum absolute atomic E-state index is 0.116. The maximum absolute atomic E-state index is 6.02. The molecule has 1 rings (SSSR count). The standard InChI is InChI=1S/C11H17ClN2O/c1-7-4-11(15-3)9(12)5-10(7)14-6-8(2)13/h4-5,8,14H,6,13H2,1-3H3. The van der Waals surface area contributed by atoms with Gasteiger partial charge in [0.2, 0.25) is 0 Å². The lowest BCUT2D eigenvalue weighted by Gasteiger charge is -2.13. The van der Waals surface area contributed by atoms with Crippen LogP contribution in [0.25, 0.3) is 0 Å². The number of hydrogen-bond donors (Lipinski definition) is 2. The van der Waals surface area contributed by atoms with E-state index in [0.29, 0.717) is 10.8 Å². The van der Waals surface area contributed by atoms with Crippen molar-refractivity contribution in [2.45, 2.75) is 19.9 Å². The Labute approximate surface area is 95.6 Å². The summed E-state index contributed by atoms with van der Waals surface area (Å²) in [7, 11) is 1.61. The van der Waals surface area contributed by atoms with Crippen LogP contribution in [0.2, 0.25) is 5.02 Å². The Hall–Kier alpha value is -0.930. The monoisotopic (exact) mass is 228 g/mol. The fraction of sp³-hybridized carbons (Fsp3) is 0.455. The highest BCUT2D eigenvalue weighted by Crippen LogP contribution is 2.30. The smallest absolute Gasteiger partial charge is 0.137 e. The van der Waals surface area contributed by atoms with E-state index in [4.69, 9.17) is 22.1 Å². The molecule has 1 atom stereocenters. The molecule has 1 aromatic carbocycles. The van der Waals surface area contributed by atoms with Crippen LogP contribution in [0.4, 0.5) is 5.69 Å². The van der Waals surface area contributed by atoms with Gasteiger partial charge in [-0.05, 0) is 31.5 Å². The van der Waals surface area contributed by atoms with E-state index >= 15 is 0 Å². The summed E-state index contributed by atoms with van der Waals surface area (Å²) < 4.78 is 5.12. The fourth-order valence-corrected chi connectivity index (χ4v) is 1.51. The van der Waals surface area contributed by atoms with Gasteiger partial charge in [-0.2, -0.15) is 0 Å². The minimum atomic E-state index is 0.116. The molecule has 84 valence electrons. The van der Waals surface area contributed by atoms with Gasteiger partial charge >= 0.3 is 0 Å². The quantitative estimate of drug-likeness (QED) is 0.832. The molecule has 15 heavy (non-hydrogen) atoms. The molecule has 0 aliphatic heterocycles. The first-order valence-electron chi connectivity index (χ1n) is 4.88. The van der Waals surface area contributed by atoms with Crippen LogP contribution in [0.15, 0.2) is 12.1 Å². The summed E-state index contributed by atoms with van der Waals surface area (Å²) in [5.41, 5.74) is 7.76. The third kappa shape index (κ3) is 3.29. The van der Waals surface area contributed by atoms with Gasteiger partial charge in [-0.3, -0.25) is 0 Å². The summed E-state index contributed by atoms with van der Waals surface area (Å²) in [6.07, 6.45) is 0. The minimum Gasteiger partial charge on any atom is -0.495 e. The molecule has 0 aromatic heterocycles. The van der Waals surface area contributed by atoms with Crippen LogP contribution >= 0.6 is 11.6 Å². The van der Waals surface area contributed by atoms with Crippen molar-refractivity contribution in [2.75, 3.05) is 19.0 Å². The number of rotatable bonds is 4. The lowest BCUT2D eigenvalue weighted by Crippen LogP contribution is -2.25. The van der Waals surface area contributed by atoms with Gasteiger partial charge in [0.1, 0.15) is 5.75 Å². The molecule has 0 heterocycles. The SMILES string of the molecule is COc1cc(C)c(NCC(C)N)cc1Cl. The Morgan fingerprint density at radius 2 is 2.20 bits per heavy atom. The molecule has 0 aliphatic rings. The highest BCUT2D eigenvalue weighted by atomic mass is 35.5. The average molecular weight is 229 g/mol. The first kappa shape index (κ1) is 12.1. The molecule has 0 radical (unpaired) electrons. The number of hydrogen-bond acceptors (Lipinski definition) is 3. The average Bonchev–Trinajstić information content (AvgIpc) is 2.18. The van der Waals surface area contributed by atoms with Crippen molar-refractivity contribution in [3.63, 3.8) is 0 Å². The van der Waals surface area contributed by atoms with Gasteiger partial charge in [0, 0.05) is 18.3 Å². The summed E-state index contributed by atoms with van der Waals surface area (Å²) in [6.45, 7) is 4.68. The van der Waals surface area contributed by atoms with Gasteiger partial charge < -0.3 is 15.8 Å². The van der Waals surface area contributed by atoms with Crippen molar-refractivity contribution in [1.82, 2.24) is 0 Å². The van der Waals surface area contributed by atoms with E-state index in [-0.39, 0.29) is 6.04 Å². The first-order valence-corrected chi connectivity index (χ1v) is 5.26. The van der Waals surface area contributed by atoms with E-state index in [0.717, 1.165) is 17.8 Å². The van der Waals surface area contributed by atoms with Crippen LogP contribution in [0.5, 0.6) is 5.75 Å². The summed E-state index contributed by atoms with van der Waals surface area (Å²) in [4.78, 5) is 0. The predicted molar refractivity (Wildman–Crippen MR) is 64.9 cm³/mol. The highest BCUT2D eigenvalue weighted by molar-refractivity contribution is 6.32. The molecule has 3 N–H and O–H groups in total. The van der Waals surface area contributed by atoms with Crippen LogP contribution in [-0.4, -0.2) is 19.7 Å². The fourth-order valence-electron chi connectivity index (χ4n) is 1.27. The largest absolute Gasteiger partial charge is 0.495 e. The third-order valence-electron chi connectivity index (χ3n) is 2.11. The van der Waals surface area contributed by atoms with Crippen molar-refractivity contribution in [3.8, 4) is 5.75 Å². The number of aryl methyl sites for hydroxylation is 1. The first-order chi connectivity index (χ1) is 7.04. The Kier molecular flexibility index (Phi) is 4.24. The Morgan fingerprint density at radius 3 is 2.73 bits per heavy atom. The molecule has 0 bridgehead atoms. The summed E-state index contributed by atoms with van der Waals surface area (Å²) in [6, 6.07) is 3.88. The van der Waals surface area contributed by atoms with Gasteiger partial charge in [-0.1, -0.05) is 11.6 Å². The van der Waals surface area contributed by atoms with E-state index in [1.165, 1.54) is 0 Å². The van der Waals surface area contributed by atoms with Gasteiger partial charge in [-0.15, -0.1) is 0 Å². The van der Waals surface area contributed by atoms with Crippen LogP contribution in [0.1, 0.15) is 12.5 Å². The molecular formula is C11H17ClN2O. The van der Waals surface area contributed by atoms with E-state index < -0.39 is 0 Å². The zero-order valence-electron chi connectivity index (χ0n) is 9.30. The van der Waals surface area contributed by atoms with Gasteiger partial charge in [0.25, 0.3) is 0 Å². The van der Waals surface area contributed by atoms with Crippen molar-refractivity contribution >= 4 is 17.3 Å². The number of anilines is 1. The van der Waals surface area contributed by atoms with E-state index in [1.807, 2.05) is 26.0 Å². The van der Waals surface area contributed by atoms with Gasteiger partial charge in [-0.25, -0.2) is 0 Å². The molecule has 0 saturated carbocycles. The molecule has 0 amide bonds. The van der Waals surface area contributed by atoms with Crippen molar-refractivity contribution in [3.05, 3.63) is 22.7 Å². The van der Waals surface area contributed by atoms with Crippen LogP contribution in [-0.2, 0) is 0 Å². The maximum Gasteiger partial charge on any atom is 0.137 e. The molecule has 1 aromatic rings. The summed E-state index contributed by atoms with van der Waals surface area (Å²) in [5.74, 6) is 0.695. The zero-order chi connectivity index (χ0) is 11.4. The van der Waals surface area contributed by atoms with Gasteiger partial charge in [0.05, 0.1) is 12.1 Å².